The van der Waals surface area contributed by atoms with Crippen LogP contribution in [0.25, 0.3) is 0 Å². The molecule has 1 unspecified atom stereocenters. The molecular weight excluding hydrogens is 286 g/mol. The zero-order valence-corrected chi connectivity index (χ0v) is 11.2. The number of rotatable bonds is 3. The van der Waals surface area contributed by atoms with E-state index < -0.39 is 29.2 Å². The SMILES string of the molecule is CN(C(=O)Nc1cc(F)c(F)cc1C(=O)O)C1CCOC1. The van der Waals surface area contributed by atoms with Gasteiger partial charge in [0.25, 0.3) is 0 Å². The molecule has 0 saturated carbocycles. The third-order valence-corrected chi connectivity index (χ3v) is 3.31. The van der Waals surface area contributed by atoms with Crippen molar-refractivity contribution in [1.29, 1.82) is 0 Å². The number of likely N-dealkylation sites (N-methyl/N-ethyl adjacent to an activating group) is 1. The van der Waals surface area contributed by atoms with Crippen LogP contribution in [0.15, 0.2) is 12.1 Å². The van der Waals surface area contributed by atoms with Crippen LogP contribution in [0.3, 0.4) is 0 Å². The second-order valence-electron chi connectivity index (χ2n) is 4.68. The Balaban J connectivity index is 2.20. The maximum absolute atomic E-state index is 13.2. The van der Waals surface area contributed by atoms with E-state index in [-0.39, 0.29) is 11.7 Å². The number of nitrogens with one attached hydrogen (secondary N) is 1. The van der Waals surface area contributed by atoms with E-state index in [1.807, 2.05) is 0 Å². The van der Waals surface area contributed by atoms with Crippen molar-refractivity contribution in [3.05, 3.63) is 29.3 Å². The molecule has 1 fully saturated rings. The van der Waals surface area contributed by atoms with E-state index in [4.69, 9.17) is 9.84 Å². The van der Waals surface area contributed by atoms with Crippen molar-refractivity contribution in [2.75, 3.05) is 25.6 Å². The molecule has 0 aromatic heterocycles. The Morgan fingerprint density at radius 2 is 2.05 bits per heavy atom. The van der Waals surface area contributed by atoms with Crippen LogP contribution in [0, 0.1) is 11.6 Å². The summed E-state index contributed by atoms with van der Waals surface area (Å²) in [5, 5.41) is 11.3. The number of carboxylic acid groups (broad SMARTS) is 1. The second-order valence-corrected chi connectivity index (χ2v) is 4.68. The molecule has 2 amide bonds. The zero-order chi connectivity index (χ0) is 15.6. The quantitative estimate of drug-likeness (QED) is 0.894. The number of hydrogen-bond donors (Lipinski definition) is 2. The van der Waals surface area contributed by atoms with Crippen LogP contribution in [0.4, 0.5) is 19.3 Å². The van der Waals surface area contributed by atoms with Gasteiger partial charge in [0, 0.05) is 19.7 Å². The fourth-order valence-corrected chi connectivity index (χ4v) is 2.02. The predicted molar refractivity (Wildman–Crippen MR) is 69.3 cm³/mol. The van der Waals surface area contributed by atoms with E-state index >= 15 is 0 Å². The molecule has 1 heterocycles. The lowest BCUT2D eigenvalue weighted by molar-refractivity contribution is 0.0697. The highest BCUT2D eigenvalue weighted by Crippen LogP contribution is 2.21. The Hall–Kier alpha value is -2.22. The Labute approximate surface area is 119 Å². The first-order chi connectivity index (χ1) is 9.90. The molecule has 0 aliphatic carbocycles. The summed E-state index contributed by atoms with van der Waals surface area (Å²) in [6, 6.07) is 0.435. The van der Waals surface area contributed by atoms with Crippen molar-refractivity contribution in [3.63, 3.8) is 0 Å². The number of amides is 2. The van der Waals surface area contributed by atoms with Gasteiger partial charge in [-0.15, -0.1) is 0 Å². The molecule has 0 radical (unpaired) electrons. The van der Waals surface area contributed by atoms with E-state index in [1.165, 1.54) is 11.9 Å². The summed E-state index contributed by atoms with van der Waals surface area (Å²) in [6.07, 6.45) is 0.660. The molecule has 21 heavy (non-hydrogen) atoms. The molecule has 114 valence electrons. The number of aromatic carboxylic acids is 1. The summed E-state index contributed by atoms with van der Waals surface area (Å²) in [5.41, 5.74) is -0.810. The number of carbonyl (C=O) groups is 2. The van der Waals surface area contributed by atoms with Crippen molar-refractivity contribution < 1.29 is 28.2 Å². The number of carboxylic acids is 1. The van der Waals surface area contributed by atoms with Gasteiger partial charge < -0.3 is 20.1 Å². The van der Waals surface area contributed by atoms with Gasteiger partial charge in [-0.05, 0) is 12.5 Å². The van der Waals surface area contributed by atoms with Gasteiger partial charge in [0.15, 0.2) is 11.6 Å². The van der Waals surface area contributed by atoms with Gasteiger partial charge in [0.2, 0.25) is 0 Å². The Bertz CT molecular complexity index is 574. The summed E-state index contributed by atoms with van der Waals surface area (Å²) < 4.78 is 31.5. The number of urea groups is 1. The predicted octanol–water partition coefficient (Wildman–Crippen LogP) is 1.92. The minimum absolute atomic E-state index is 0.136. The van der Waals surface area contributed by atoms with Crippen LogP contribution in [0.1, 0.15) is 16.8 Å². The molecule has 0 bridgehead atoms. The third-order valence-electron chi connectivity index (χ3n) is 3.31. The van der Waals surface area contributed by atoms with Crippen LogP contribution in [-0.4, -0.2) is 48.3 Å². The molecule has 2 N–H and O–H groups in total. The molecule has 1 aromatic rings. The number of halogens is 2. The number of anilines is 1. The van der Waals surface area contributed by atoms with E-state index in [9.17, 15) is 18.4 Å². The van der Waals surface area contributed by atoms with Crippen molar-refractivity contribution in [2.45, 2.75) is 12.5 Å². The van der Waals surface area contributed by atoms with E-state index in [1.54, 1.807) is 0 Å². The topological polar surface area (TPSA) is 78.9 Å². The largest absolute Gasteiger partial charge is 0.478 e. The zero-order valence-electron chi connectivity index (χ0n) is 11.2. The highest BCUT2D eigenvalue weighted by molar-refractivity contribution is 6.00. The Morgan fingerprint density at radius 1 is 1.38 bits per heavy atom. The van der Waals surface area contributed by atoms with Gasteiger partial charge in [0.1, 0.15) is 0 Å². The fourth-order valence-electron chi connectivity index (χ4n) is 2.02. The summed E-state index contributed by atoms with van der Waals surface area (Å²) >= 11 is 0. The monoisotopic (exact) mass is 300 g/mol. The molecule has 2 rings (SSSR count). The van der Waals surface area contributed by atoms with Gasteiger partial charge in [-0.1, -0.05) is 0 Å². The smallest absolute Gasteiger partial charge is 0.337 e. The van der Waals surface area contributed by atoms with Crippen molar-refractivity contribution in [3.8, 4) is 0 Å². The molecule has 1 aliphatic heterocycles. The van der Waals surface area contributed by atoms with Crippen LogP contribution in [0.5, 0.6) is 0 Å². The average molecular weight is 300 g/mol. The molecule has 1 aliphatic rings. The lowest BCUT2D eigenvalue weighted by Gasteiger charge is -2.23. The van der Waals surface area contributed by atoms with E-state index in [0.29, 0.717) is 31.8 Å². The third kappa shape index (κ3) is 3.27. The molecule has 1 atom stereocenters. The molecule has 1 aromatic carbocycles. The van der Waals surface area contributed by atoms with Crippen molar-refractivity contribution in [2.24, 2.45) is 0 Å². The maximum atomic E-state index is 13.2. The van der Waals surface area contributed by atoms with Gasteiger partial charge in [-0.2, -0.15) is 0 Å². The molecule has 6 nitrogen and oxygen atoms in total. The first-order valence-electron chi connectivity index (χ1n) is 6.24. The molecule has 1 saturated heterocycles. The average Bonchev–Trinajstić information content (AvgIpc) is 2.95. The van der Waals surface area contributed by atoms with Gasteiger partial charge in [0.05, 0.1) is 23.9 Å². The number of nitrogens with zero attached hydrogens (tertiary/aromatic N) is 1. The normalized spacial score (nSPS) is 17.6. The molecular formula is C13H14F2N2O4. The lowest BCUT2D eigenvalue weighted by Crippen LogP contribution is -2.40. The highest BCUT2D eigenvalue weighted by Gasteiger charge is 2.25. The number of benzene rings is 1. The number of ether oxygens (including phenoxy) is 1. The standard InChI is InChI=1S/C13H14F2N2O4/c1-17(7-2-3-21-6-7)13(20)16-11-5-10(15)9(14)4-8(11)12(18)19/h4-5,7H,2-3,6H2,1H3,(H,16,20)(H,18,19). The maximum Gasteiger partial charge on any atom is 0.337 e. The minimum Gasteiger partial charge on any atom is -0.478 e. The summed E-state index contributed by atoms with van der Waals surface area (Å²) in [7, 11) is 1.52. The Morgan fingerprint density at radius 3 is 2.62 bits per heavy atom. The first kappa shape index (κ1) is 15.2. The minimum atomic E-state index is -1.46. The summed E-state index contributed by atoms with van der Waals surface area (Å²) in [5.74, 6) is -3.99. The van der Waals surface area contributed by atoms with E-state index in [2.05, 4.69) is 5.32 Å². The van der Waals surface area contributed by atoms with Gasteiger partial charge >= 0.3 is 12.0 Å². The van der Waals surface area contributed by atoms with Crippen LogP contribution in [-0.2, 0) is 4.74 Å². The van der Waals surface area contributed by atoms with Crippen LogP contribution >= 0.6 is 0 Å². The lowest BCUT2D eigenvalue weighted by atomic mass is 10.1. The first-order valence-corrected chi connectivity index (χ1v) is 6.24. The second kappa shape index (κ2) is 6.04. The van der Waals surface area contributed by atoms with E-state index in [0.717, 1.165) is 0 Å². The van der Waals surface area contributed by atoms with Crippen molar-refractivity contribution >= 4 is 17.7 Å². The molecule has 0 spiro atoms. The number of carbonyl (C=O) groups excluding carboxylic acids is 1. The number of hydrogen-bond acceptors (Lipinski definition) is 3. The van der Waals surface area contributed by atoms with Gasteiger partial charge in [-0.25, -0.2) is 18.4 Å². The van der Waals surface area contributed by atoms with Crippen molar-refractivity contribution in [1.82, 2.24) is 4.90 Å². The van der Waals surface area contributed by atoms with Gasteiger partial charge in [-0.3, -0.25) is 0 Å². The summed E-state index contributed by atoms with van der Waals surface area (Å²) in [6.45, 7) is 0.918. The summed E-state index contributed by atoms with van der Waals surface area (Å²) in [4.78, 5) is 24.4. The molecule has 8 heteroatoms. The Kier molecular flexibility index (Phi) is 4.37. The van der Waals surface area contributed by atoms with Crippen LogP contribution < -0.4 is 5.32 Å². The fraction of sp³-hybridized carbons (Fsp3) is 0.385. The highest BCUT2D eigenvalue weighted by atomic mass is 19.2. The van der Waals surface area contributed by atoms with Crippen LogP contribution in [0.2, 0.25) is 0 Å².